The van der Waals surface area contributed by atoms with Gasteiger partial charge in [-0.3, -0.25) is 14.4 Å². The van der Waals surface area contributed by atoms with Gasteiger partial charge in [0.05, 0.1) is 16.7 Å². The molecular weight excluding hydrogens is 424 g/mol. The Morgan fingerprint density at radius 1 is 1.14 bits per heavy atom. The van der Waals surface area contributed by atoms with Gasteiger partial charge in [-0.15, -0.1) is 0 Å². The van der Waals surface area contributed by atoms with Crippen molar-refractivity contribution in [1.29, 1.82) is 0 Å². The molecule has 1 aromatic carbocycles. The summed E-state index contributed by atoms with van der Waals surface area (Å²) in [4.78, 5) is 16.9. The van der Waals surface area contributed by atoms with Crippen LogP contribution in [-0.2, 0) is 17.9 Å². The van der Waals surface area contributed by atoms with Crippen LogP contribution in [0.2, 0.25) is 0 Å². The van der Waals surface area contributed by atoms with Crippen LogP contribution in [0.4, 0.5) is 0 Å². The number of ether oxygens (including phenoxy) is 2. The van der Waals surface area contributed by atoms with Gasteiger partial charge < -0.3 is 14.4 Å². The number of aryl methyl sites for hydroxylation is 2. The Labute approximate surface area is 173 Å². The highest BCUT2D eigenvalue weighted by molar-refractivity contribution is 9.10. The molecule has 8 heteroatoms. The van der Waals surface area contributed by atoms with Crippen LogP contribution < -0.4 is 9.47 Å². The van der Waals surface area contributed by atoms with Crippen LogP contribution >= 0.6 is 15.9 Å². The molecule has 1 aromatic heterocycles. The molecule has 3 heterocycles. The minimum atomic E-state index is 0.200. The molecule has 0 N–H and O–H groups in total. The summed E-state index contributed by atoms with van der Waals surface area (Å²) in [5.74, 6) is 1.84. The summed E-state index contributed by atoms with van der Waals surface area (Å²) in [5.41, 5.74) is 3.24. The van der Waals surface area contributed by atoms with Crippen molar-refractivity contribution in [2.75, 3.05) is 33.0 Å². The molecule has 1 fully saturated rings. The van der Waals surface area contributed by atoms with Gasteiger partial charge in [-0.05, 0) is 47.5 Å². The Bertz CT molecular complexity index is 875. The van der Waals surface area contributed by atoms with E-state index in [1.165, 1.54) is 5.56 Å². The number of carbonyl (C=O) groups excluding carboxylic acids is 1. The molecule has 0 saturated carbocycles. The fraction of sp³-hybridized carbons (Fsp3) is 0.500. The largest absolute Gasteiger partial charge is 0.454 e. The Hall–Kier alpha value is -2.06. The van der Waals surface area contributed by atoms with Crippen molar-refractivity contribution in [2.24, 2.45) is 0 Å². The molecular formula is C20H25BrN4O3. The molecule has 0 aliphatic carbocycles. The number of rotatable bonds is 5. The number of fused-ring (bicyclic) bond motifs is 1. The second-order valence-electron chi connectivity index (χ2n) is 7.30. The maximum atomic E-state index is 12.6. The summed E-state index contributed by atoms with van der Waals surface area (Å²) >= 11 is 3.53. The SMILES string of the molecule is Cc1nn(CCC(=O)N2CCN(Cc3ccc4c(c3)OCO4)CC2)c(C)c1Br. The van der Waals surface area contributed by atoms with Crippen LogP contribution in [-0.4, -0.2) is 58.5 Å². The number of hydrogen-bond acceptors (Lipinski definition) is 5. The first-order valence-corrected chi connectivity index (χ1v) is 10.4. The standard InChI is InChI=1S/C20H25BrN4O3/c1-14-20(21)15(2)25(22-14)6-5-19(26)24-9-7-23(8-10-24)12-16-3-4-17-18(11-16)28-13-27-17/h3-4,11H,5-10,12-13H2,1-2H3. The average Bonchev–Trinajstić information content (AvgIpc) is 3.26. The van der Waals surface area contributed by atoms with Crippen LogP contribution in [0.1, 0.15) is 23.4 Å². The van der Waals surface area contributed by atoms with Crippen LogP contribution in [0, 0.1) is 13.8 Å². The third kappa shape index (κ3) is 4.03. The molecule has 0 bridgehead atoms. The number of hydrogen-bond donors (Lipinski definition) is 0. The van der Waals surface area contributed by atoms with Gasteiger partial charge in [0.1, 0.15) is 0 Å². The van der Waals surface area contributed by atoms with E-state index in [1.54, 1.807) is 0 Å². The van der Waals surface area contributed by atoms with Crippen molar-refractivity contribution in [3.8, 4) is 11.5 Å². The number of nitrogens with zero attached hydrogens (tertiary/aromatic N) is 4. The lowest BCUT2D eigenvalue weighted by molar-refractivity contribution is -0.133. The highest BCUT2D eigenvalue weighted by Crippen LogP contribution is 2.32. The number of benzene rings is 1. The molecule has 2 aliphatic heterocycles. The zero-order valence-corrected chi connectivity index (χ0v) is 17.9. The van der Waals surface area contributed by atoms with Gasteiger partial charge in [0, 0.05) is 44.8 Å². The predicted octanol–water partition coefficient (Wildman–Crippen LogP) is 2.73. The lowest BCUT2D eigenvalue weighted by Crippen LogP contribution is -2.48. The number of amides is 1. The van der Waals surface area contributed by atoms with E-state index in [4.69, 9.17) is 9.47 Å². The zero-order valence-electron chi connectivity index (χ0n) is 16.3. The summed E-state index contributed by atoms with van der Waals surface area (Å²) in [6.07, 6.45) is 0.483. The quantitative estimate of drug-likeness (QED) is 0.703. The first kappa shape index (κ1) is 19.3. The van der Waals surface area contributed by atoms with E-state index in [9.17, 15) is 4.79 Å². The lowest BCUT2D eigenvalue weighted by atomic mass is 10.1. The van der Waals surface area contributed by atoms with Crippen LogP contribution in [0.3, 0.4) is 0 Å². The summed E-state index contributed by atoms with van der Waals surface area (Å²) in [6.45, 7) is 9.06. The third-order valence-electron chi connectivity index (χ3n) is 5.40. The number of aromatic nitrogens is 2. The first-order valence-electron chi connectivity index (χ1n) is 9.59. The molecule has 0 atom stereocenters. The summed E-state index contributed by atoms with van der Waals surface area (Å²) in [5, 5.41) is 4.48. The first-order chi connectivity index (χ1) is 13.5. The second kappa shape index (κ2) is 8.13. The monoisotopic (exact) mass is 448 g/mol. The normalized spacial score (nSPS) is 16.6. The van der Waals surface area contributed by atoms with Gasteiger partial charge in [0.15, 0.2) is 11.5 Å². The van der Waals surface area contributed by atoms with Crippen molar-refractivity contribution >= 4 is 21.8 Å². The van der Waals surface area contributed by atoms with E-state index >= 15 is 0 Å². The van der Waals surface area contributed by atoms with E-state index in [0.29, 0.717) is 19.8 Å². The average molecular weight is 449 g/mol. The maximum Gasteiger partial charge on any atom is 0.231 e. The summed E-state index contributed by atoms with van der Waals surface area (Å²) < 4.78 is 13.8. The van der Waals surface area contributed by atoms with Crippen LogP contribution in [0.5, 0.6) is 11.5 Å². The van der Waals surface area contributed by atoms with Crippen molar-refractivity contribution in [3.05, 3.63) is 39.6 Å². The molecule has 150 valence electrons. The van der Waals surface area contributed by atoms with E-state index in [2.05, 4.69) is 32.0 Å². The van der Waals surface area contributed by atoms with Gasteiger partial charge in [0.2, 0.25) is 12.7 Å². The van der Waals surface area contributed by atoms with Crippen LogP contribution in [0.15, 0.2) is 22.7 Å². The summed E-state index contributed by atoms with van der Waals surface area (Å²) in [7, 11) is 0. The lowest BCUT2D eigenvalue weighted by Gasteiger charge is -2.34. The van der Waals surface area contributed by atoms with Crippen molar-refractivity contribution in [2.45, 2.75) is 33.4 Å². The Morgan fingerprint density at radius 2 is 1.89 bits per heavy atom. The molecule has 2 aromatic rings. The van der Waals surface area contributed by atoms with Gasteiger partial charge in [-0.25, -0.2) is 0 Å². The highest BCUT2D eigenvalue weighted by Gasteiger charge is 2.22. The fourth-order valence-corrected chi connectivity index (χ4v) is 3.99. The fourth-order valence-electron chi connectivity index (χ4n) is 3.71. The highest BCUT2D eigenvalue weighted by atomic mass is 79.9. The molecule has 7 nitrogen and oxygen atoms in total. The smallest absolute Gasteiger partial charge is 0.231 e. The van der Waals surface area contributed by atoms with E-state index in [1.807, 2.05) is 35.6 Å². The molecule has 28 heavy (non-hydrogen) atoms. The molecule has 2 aliphatic rings. The third-order valence-corrected chi connectivity index (χ3v) is 6.55. The Kier molecular flexibility index (Phi) is 5.59. The molecule has 4 rings (SSSR count). The van der Waals surface area contributed by atoms with Crippen molar-refractivity contribution in [1.82, 2.24) is 19.6 Å². The Morgan fingerprint density at radius 3 is 2.61 bits per heavy atom. The number of halogens is 1. The number of piperazine rings is 1. The molecule has 1 amide bonds. The molecule has 1 saturated heterocycles. The summed E-state index contributed by atoms with van der Waals surface area (Å²) in [6, 6.07) is 6.10. The Balaban J connectivity index is 1.25. The van der Waals surface area contributed by atoms with E-state index in [-0.39, 0.29) is 5.91 Å². The minimum absolute atomic E-state index is 0.200. The zero-order chi connectivity index (χ0) is 19.7. The van der Waals surface area contributed by atoms with Crippen molar-refractivity contribution in [3.63, 3.8) is 0 Å². The predicted molar refractivity (Wildman–Crippen MR) is 108 cm³/mol. The van der Waals surface area contributed by atoms with Gasteiger partial charge in [-0.2, -0.15) is 5.10 Å². The van der Waals surface area contributed by atoms with Gasteiger partial charge in [0.25, 0.3) is 0 Å². The minimum Gasteiger partial charge on any atom is -0.454 e. The topological polar surface area (TPSA) is 59.8 Å². The molecule has 0 unspecified atom stereocenters. The van der Waals surface area contributed by atoms with Crippen LogP contribution in [0.25, 0.3) is 0 Å². The van der Waals surface area contributed by atoms with E-state index in [0.717, 1.165) is 60.1 Å². The van der Waals surface area contributed by atoms with Gasteiger partial charge >= 0.3 is 0 Å². The van der Waals surface area contributed by atoms with Crippen molar-refractivity contribution < 1.29 is 14.3 Å². The maximum absolute atomic E-state index is 12.6. The van der Waals surface area contributed by atoms with E-state index < -0.39 is 0 Å². The van der Waals surface area contributed by atoms with Gasteiger partial charge in [-0.1, -0.05) is 6.07 Å². The molecule has 0 spiro atoms. The molecule has 0 radical (unpaired) electrons. The second-order valence-corrected chi connectivity index (χ2v) is 8.10. The number of carbonyl (C=O) groups is 1.